The summed E-state index contributed by atoms with van der Waals surface area (Å²) in [6.45, 7) is 6.21. The van der Waals surface area contributed by atoms with Crippen molar-refractivity contribution in [3.63, 3.8) is 0 Å². The number of hydrogen-bond acceptors (Lipinski definition) is 5. The molecule has 0 bridgehead atoms. The summed E-state index contributed by atoms with van der Waals surface area (Å²) in [7, 11) is 0. The Morgan fingerprint density at radius 1 is 1.14 bits per heavy atom. The van der Waals surface area contributed by atoms with Crippen LogP contribution in [0.5, 0.6) is 0 Å². The first-order chi connectivity index (χ1) is 14.0. The van der Waals surface area contributed by atoms with Gasteiger partial charge < -0.3 is 5.32 Å². The third-order valence-electron chi connectivity index (χ3n) is 4.99. The van der Waals surface area contributed by atoms with Gasteiger partial charge in [-0.1, -0.05) is 37.7 Å². The molecule has 1 aliphatic carbocycles. The molecule has 0 radical (unpaired) electrons. The molecule has 1 N–H and O–H groups in total. The van der Waals surface area contributed by atoms with E-state index >= 15 is 0 Å². The Labute approximate surface area is 175 Å². The molecule has 1 atom stereocenters. The molecule has 2 heterocycles. The molecular formula is C22H25N5OS. The first kappa shape index (κ1) is 19.6. The molecule has 1 amide bonds. The molecule has 3 aromatic rings. The Morgan fingerprint density at radius 3 is 2.52 bits per heavy atom. The summed E-state index contributed by atoms with van der Waals surface area (Å²) in [5.74, 6) is 1.25. The maximum absolute atomic E-state index is 12.7. The van der Waals surface area contributed by atoms with Crippen LogP contribution in [0.3, 0.4) is 0 Å². The fraction of sp³-hybridized carbons (Fsp3) is 0.364. The monoisotopic (exact) mass is 407 g/mol. The van der Waals surface area contributed by atoms with Crippen molar-refractivity contribution in [2.45, 2.75) is 56.0 Å². The fourth-order valence-electron chi connectivity index (χ4n) is 3.12. The van der Waals surface area contributed by atoms with Gasteiger partial charge in [0.25, 0.3) is 0 Å². The van der Waals surface area contributed by atoms with Gasteiger partial charge in [0.15, 0.2) is 11.0 Å². The lowest BCUT2D eigenvalue weighted by Crippen LogP contribution is -2.23. The van der Waals surface area contributed by atoms with Gasteiger partial charge in [-0.15, -0.1) is 10.2 Å². The van der Waals surface area contributed by atoms with Crippen LogP contribution in [0.1, 0.15) is 51.1 Å². The quantitative estimate of drug-likeness (QED) is 0.563. The number of aromatic nitrogens is 4. The van der Waals surface area contributed by atoms with Gasteiger partial charge in [-0.3, -0.25) is 14.3 Å². The summed E-state index contributed by atoms with van der Waals surface area (Å²) in [5.41, 5.74) is 3.01. The smallest absolute Gasteiger partial charge is 0.237 e. The number of thioether (sulfide) groups is 1. The van der Waals surface area contributed by atoms with Crippen molar-refractivity contribution in [2.75, 3.05) is 5.32 Å². The van der Waals surface area contributed by atoms with Gasteiger partial charge in [-0.2, -0.15) is 0 Å². The molecule has 1 aromatic carbocycles. The number of rotatable bonds is 7. The lowest BCUT2D eigenvalue weighted by Gasteiger charge is -2.14. The van der Waals surface area contributed by atoms with Crippen LogP contribution in [0.4, 0.5) is 5.69 Å². The van der Waals surface area contributed by atoms with Crippen LogP contribution in [0.25, 0.3) is 11.4 Å². The first-order valence-corrected chi connectivity index (χ1v) is 10.8. The zero-order valence-electron chi connectivity index (χ0n) is 16.9. The molecule has 4 rings (SSSR count). The van der Waals surface area contributed by atoms with Crippen molar-refractivity contribution in [3.8, 4) is 11.4 Å². The highest BCUT2D eigenvalue weighted by molar-refractivity contribution is 8.00. The van der Waals surface area contributed by atoms with Gasteiger partial charge in [-0.05, 0) is 55.5 Å². The maximum Gasteiger partial charge on any atom is 0.237 e. The molecule has 150 valence electrons. The second-order valence-corrected chi connectivity index (χ2v) is 8.98. The van der Waals surface area contributed by atoms with Crippen molar-refractivity contribution in [1.29, 1.82) is 0 Å². The predicted octanol–water partition coefficient (Wildman–Crippen LogP) is 4.92. The highest BCUT2D eigenvalue weighted by Gasteiger charge is 2.31. The summed E-state index contributed by atoms with van der Waals surface area (Å²) in [6.07, 6.45) is 5.77. The van der Waals surface area contributed by atoms with E-state index in [1.165, 1.54) is 17.3 Å². The number of benzene rings is 1. The molecule has 0 saturated heterocycles. The Bertz CT molecular complexity index is 980. The SMILES string of the molecule is CC(C)c1ccc(NC(=O)[C@@H](C)Sc2nnc(-c3cccnc3)n2C2CC2)cc1. The van der Waals surface area contributed by atoms with Gasteiger partial charge in [0.05, 0.1) is 5.25 Å². The zero-order valence-corrected chi connectivity index (χ0v) is 17.7. The van der Waals surface area contributed by atoms with Crippen molar-refractivity contribution < 1.29 is 4.79 Å². The van der Waals surface area contributed by atoms with E-state index < -0.39 is 0 Å². The number of hydrogen-bond donors (Lipinski definition) is 1. The van der Waals surface area contributed by atoms with Crippen molar-refractivity contribution in [1.82, 2.24) is 19.7 Å². The average Bonchev–Trinajstić information content (AvgIpc) is 3.49. The van der Waals surface area contributed by atoms with E-state index in [-0.39, 0.29) is 11.2 Å². The third kappa shape index (κ3) is 4.50. The van der Waals surface area contributed by atoms with Crippen molar-refractivity contribution >= 4 is 23.4 Å². The number of amides is 1. The minimum absolute atomic E-state index is 0.0411. The number of carbonyl (C=O) groups excluding carboxylic acids is 1. The van der Waals surface area contributed by atoms with E-state index in [1.54, 1.807) is 12.4 Å². The fourth-order valence-corrected chi connectivity index (χ4v) is 4.04. The average molecular weight is 408 g/mol. The molecule has 7 heteroatoms. The van der Waals surface area contributed by atoms with Crippen LogP contribution in [-0.2, 0) is 4.79 Å². The summed E-state index contributed by atoms with van der Waals surface area (Å²) >= 11 is 1.45. The van der Waals surface area contributed by atoms with Crippen LogP contribution >= 0.6 is 11.8 Å². The molecule has 0 spiro atoms. The number of nitrogens with zero attached hydrogens (tertiary/aromatic N) is 4. The largest absolute Gasteiger partial charge is 0.325 e. The Kier molecular flexibility index (Phi) is 5.67. The second kappa shape index (κ2) is 8.37. The normalized spacial score (nSPS) is 14.8. The third-order valence-corrected chi connectivity index (χ3v) is 6.05. The summed E-state index contributed by atoms with van der Waals surface area (Å²) < 4.78 is 2.16. The topological polar surface area (TPSA) is 72.7 Å². The molecule has 0 unspecified atom stereocenters. The molecule has 1 aliphatic rings. The maximum atomic E-state index is 12.7. The second-order valence-electron chi connectivity index (χ2n) is 7.68. The number of anilines is 1. The van der Waals surface area contributed by atoms with Gasteiger partial charge in [0, 0.05) is 29.7 Å². The van der Waals surface area contributed by atoms with E-state index in [2.05, 4.69) is 51.0 Å². The van der Waals surface area contributed by atoms with Gasteiger partial charge in [0.1, 0.15) is 0 Å². The lowest BCUT2D eigenvalue weighted by atomic mass is 10.0. The van der Waals surface area contributed by atoms with Crippen LogP contribution in [0, 0.1) is 0 Å². The molecule has 2 aromatic heterocycles. The van der Waals surface area contributed by atoms with E-state index in [1.807, 2.05) is 31.2 Å². The molecule has 0 aliphatic heterocycles. The summed E-state index contributed by atoms with van der Waals surface area (Å²) in [6, 6.07) is 12.3. The Balaban J connectivity index is 1.47. The van der Waals surface area contributed by atoms with E-state index in [4.69, 9.17) is 0 Å². The standard InChI is InChI=1S/C22H25N5OS/c1-14(2)16-6-8-18(9-7-16)24-21(28)15(3)29-22-26-25-20(27(22)19-10-11-19)17-5-4-12-23-13-17/h4-9,12-15,19H,10-11H2,1-3H3,(H,24,28)/t15-/m1/s1. The molecule has 1 fully saturated rings. The minimum atomic E-state index is -0.289. The molecule has 6 nitrogen and oxygen atoms in total. The van der Waals surface area contributed by atoms with E-state index in [0.29, 0.717) is 12.0 Å². The number of nitrogens with one attached hydrogen (secondary N) is 1. The van der Waals surface area contributed by atoms with E-state index in [0.717, 1.165) is 35.1 Å². The minimum Gasteiger partial charge on any atom is -0.325 e. The van der Waals surface area contributed by atoms with Gasteiger partial charge >= 0.3 is 0 Å². The predicted molar refractivity (Wildman–Crippen MR) is 116 cm³/mol. The molecular weight excluding hydrogens is 382 g/mol. The van der Waals surface area contributed by atoms with Crippen LogP contribution < -0.4 is 5.32 Å². The molecule has 29 heavy (non-hydrogen) atoms. The summed E-state index contributed by atoms with van der Waals surface area (Å²) in [5, 5.41) is 12.3. The Morgan fingerprint density at radius 2 is 1.90 bits per heavy atom. The van der Waals surface area contributed by atoms with Gasteiger partial charge in [0.2, 0.25) is 5.91 Å². The van der Waals surface area contributed by atoms with Crippen LogP contribution in [0.2, 0.25) is 0 Å². The van der Waals surface area contributed by atoms with Gasteiger partial charge in [-0.25, -0.2) is 0 Å². The number of pyridine rings is 1. The molecule has 1 saturated carbocycles. The zero-order chi connectivity index (χ0) is 20.4. The Hall–Kier alpha value is -2.67. The highest BCUT2D eigenvalue weighted by Crippen LogP contribution is 2.41. The number of carbonyl (C=O) groups is 1. The first-order valence-electron chi connectivity index (χ1n) is 9.95. The lowest BCUT2D eigenvalue weighted by molar-refractivity contribution is -0.115. The van der Waals surface area contributed by atoms with Crippen molar-refractivity contribution in [2.24, 2.45) is 0 Å². The summed E-state index contributed by atoms with van der Waals surface area (Å²) in [4.78, 5) is 16.9. The van der Waals surface area contributed by atoms with E-state index in [9.17, 15) is 4.79 Å². The van der Waals surface area contributed by atoms with Crippen LogP contribution in [0.15, 0.2) is 53.9 Å². The van der Waals surface area contributed by atoms with Crippen molar-refractivity contribution in [3.05, 3.63) is 54.4 Å². The highest BCUT2D eigenvalue weighted by atomic mass is 32.2. The van der Waals surface area contributed by atoms with Crippen LogP contribution in [-0.4, -0.2) is 30.9 Å².